The van der Waals surface area contributed by atoms with Crippen LogP contribution in [0.4, 0.5) is 0 Å². The van der Waals surface area contributed by atoms with Crippen molar-refractivity contribution in [3.05, 3.63) is 65.7 Å². The van der Waals surface area contributed by atoms with E-state index in [0.29, 0.717) is 24.0 Å². The highest BCUT2D eigenvalue weighted by Gasteiger charge is 2.41. The normalized spacial score (nSPS) is 23.9. The maximum Gasteiger partial charge on any atom is 0.246 e. The highest BCUT2D eigenvalue weighted by molar-refractivity contribution is 8.76. The SMILES string of the molecule is CC[C@H](C)[C@@H]1NC(=O)[C@H](Cc2ccc(O)cc2)NC(=O)[C@@H](N)CSSC[C@@H](C(=O)N2CCC[C@H]2C(=O)N[C@@H](CC(C)C)C(=O)NCC(N)=O)NC(=O)[C@H](CC(N)=O)NC(=O)[C@H](Cc2ccccc2)NC1=O. The molecule has 2 heterocycles. The maximum absolute atomic E-state index is 14.6. The summed E-state index contributed by atoms with van der Waals surface area (Å²) in [6.45, 7) is 6.79. The Kier molecular flexibility index (Phi) is 22.4. The molecule has 2 saturated heterocycles. The van der Waals surface area contributed by atoms with Gasteiger partial charge in [0.15, 0.2) is 0 Å². The predicted octanol–water partition coefficient (Wildman–Crippen LogP) is -1.63. The van der Waals surface area contributed by atoms with E-state index in [9.17, 15) is 53.1 Å². The standard InChI is InChI=1S/C47H67N11O11S2/c1-5-26(4)39-46(68)55-32(19-27-10-7-6-8-11-27)42(64)53-34(21-37(49)60)43(65)56-35(24-71-70-23-30(48)40(62)52-33(44(66)57-39)20-28-13-15-29(59)16-14-28)47(69)58-17-9-12-36(58)45(67)54-31(18-25(2)3)41(63)51-22-38(50)61/h6-8,10-11,13-16,25-26,30-36,39,59H,5,9,12,17-24,48H2,1-4H3,(H2,49,60)(H2,50,61)(H,51,63)(H,52,62)(H,53,64)(H,54,67)(H,55,68)(H,56,65)(H,57,66)/t26-,30-,31-,32-,33-,34-,35-,36-,39-/m0/s1. The van der Waals surface area contributed by atoms with Crippen molar-refractivity contribution >= 4 is 80.7 Å². The first-order valence-corrected chi connectivity index (χ1v) is 25.9. The monoisotopic (exact) mass is 1030 g/mol. The van der Waals surface area contributed by atoms with Gasteiger partial charge in [-0.15, -0.1) is 0 Å². The van der Waals surface area contributed by atoms with Crippen LogP contribution in [0.15, 0.2) is 54.6 Å². The van der Waals surface area contributed by atoms with Gasteiger partial charge in [0, 0.05) is 30.9 Å². The maximum atomic E-state index is 14.6. The quantitative estimate of drug-likeness (QED) is 0.0842. The van der Waals surface area contributed by atoms with Gasteiger partial charge >= 0.3 is 0 Å². The van der Waals surface area contributed by atoms with Gasteiger partial charge in [-0.05, 0) is 54.4 Å². The summed E-state index contributed by atoms with van der Waals surface area (Å²) < 4.78 is 0. The van der Waals surface area contributed by atoms with Crippen molar-refractivity contribution in [2.75, 3.05) is 24.6 Å². The van der Waals surface area contributed by atoms with E-state index in [2.05, 4.69) is 37.2 Å². The highest BCUT2D eigenvalue weighted by Crippen LogP contribution is 2.26. The molecule has 0 unspecified atom stereocenters. The van der Waals surface area contributed by atoms with Crippen molar-refractivity contribution in [2.24, 2.45) is 29.0 Å². The van der Waals surface area contributed by atoms with Crippen molar-refractivity contribution in [2.45, 2.75) is 121 Å². The minimum Gasteiger partial charge on any atom is -0.508 e. The number of phenols is 1. The number of hydrogen-bond donors (Lipinski definition) is 11. The number of carbonyl (C=O) groups excluding carboxylic acids is 10. The average molecular weight is 1030 g/mol. The Morgan fingerprint density at radius 3 is 1.93 bits per heavy atom. The lowest BCUT2D eigenvalue weighted by Crippen LogP contribution is -2.62. The lowest BCUT2D eigenvalue weighted by molar-refractivity contribution is -0.142. The second kappa shape index (κ2) is 27.8. The minimum atomic E-state index is -1.68. The third kappa shape index (κ3) is 18.1. The zero-order valence-electron chi connectivity index (χ0n) is 40.3. The number of rotatable bonds is 16. The van der Waals surface area contributed by atoms with Crippen LogP contribution >= 0.6 is 21.6 Å². The molecule has 9 atom stereocenters. The Morgan fingerprint density at radius 2 is 1.32 bits per heavy atom. The Balaban J connectivity index is 1.72. The third-order valence-electron chi connectivity index (χ3n) is 11.9. The fourth-order valence-electron chi connectivity index (χ4n) is 7.85. The van der Waals surface area contributed by atoms with Crippen molar-refractivity contribution < 1.29 is 53.1 Å². The third-order valence-corrected chi connectivity index (χ3v) is 14.3. The number of primary amides is 2. The van der Waals surface area contributed by atoms with E-state index >= 15 is 0 Å². The zero-order chi connectivity index (χ0) is 52.4. The molecule has 22 nitrogen and oxygen atoms in total. The second-order valence-electron chi connectivity index (χ2n) is 18.1. The summed E-state index contributed by atoms with van der Waals surface area (Å²) in [6.07, 6.45) is 0.241. The number of phenolic OH excluding ortho intramolecular Hbond substituents is 1. The van der Waals surface area contributed by atoms with Crippen LogP contribution in [-0.2, 0) is 60.8 Å². The molecule has 2 aliphatic heterocycles. The number of hydrogen-bond acceptors (Lipinski definition) is 14. The van der Waals surface area contributed by atoms with Crippen molar-refractivity contribution in [3.63, 3.8) is 0 Å². The number of nitrogens with one attached hydrogen (secondary N) is 7. The molecular weight excluding hydrogens is 959 g/mol. The van der Waals surface area contributed by atoms with Gasteiger partial charge < -0.3 is 64.4 Å². The first-order chi connectivity index (χ1) is 33.7. The van der Waals surface area contributed by atoms with Crippen LogP contribution < -0.4 is 54.4 Å². The lowest BCUT2D eigenvalue weighted by atomic mass is 9.96. The molecule has 388 valence electrons. The largest absolute Gasteiger partial charge is 0.508 e. The molecule has 2 aromatic rings. The number of aromatic hydroxyl groups is 1. The summed E-state index contributed by atoms with van der Waals surface area (Å²) in [6, 6.07) is 4.16. The summed E-state index contributed by atoms with van der Waals surface area (Å²) in [5.74, 6) is -8.81. The highest BCUT2D eigenvalue weighted by atomic mass is 33.1. The number of nitrogens with two attached hydrogens (primary N) is 3. The first kappa shape index (κ1) is 57.2. The number of likely N-dealkylation sites (tertiary alicyclic amines) is 1. The van der Waals surface area contributed by atoms with Crippen LogP contribution in [0.3, 0.4) is 0 Å². The summed E-state index contributed by atoms with van der Waals surface area (Å²) >= 11 is 0. The molecule has 0 aliphatic carbocycles. The van der Waals surface area contributed by atoms with Crippen LogP contribution in [0.5, 0.6) is 5.75 Å². The topological polar surface area (TPSA) is 356 Å². The number of nitrogens with zero attached hydrogens (tertiary/aromatic N) is 1. The van der Waals surface area contributed by atoms with Gasteiger partial charge in [-0.1, -0.05) is 98.2 Å². The molecule has 0 aromatic heterocycles. The molecule has 24 heteroatoms. The van der Waals surface area contributed by atoms with Crippen molar-refractivity contribution in [1.29, 1.82) is 0 Å². The molecule has 14 N–H and O–H groups in total. The summed E-state index contributed by atoms with van der Waals surface area (Å²) in [5, 5.41) is 28.4. The second-order valence-corrected chi connectivity index (χ2v) is 20.6. The summed E-state index contributed by atoms with van der Waals surface area (Å²) in [5.41, 5.74) is 18.3. The molecule has 0 saturated carbocycles. The van der Waals surface area contributed by atoms with E-state index in [1.54, 1.807) is 56.3 Å². The smallest absolute Gasteiger partial charge is 0.246 e. The van der Waals surface area contributed by atoms with Crippen LogP contribution in [-0.4, -0.2) is 142 Å². The molecule has 2 fully saturated rings. The van der Waals surface area contributed by atoms with Gasteiger partial charge in [-0.3, -0.25) is 47.9 Å². The predicted molar refractivity (Wildman–Crippen MR) is 266 cm³/mol. The summed E-state index contributed by atoms with van der Waals surface area (Å²) in [7, 11) is 2.11. The Bertz CT molecular complexity index is 2220. The van der Waals surface area contributed by atoms with E-state index in [4.69, 9.17) is 17.2 Å². The van der Waals surface area contributed by atoms with E-state index < -0.39 is 126 Å². The molecular formula is C47H67N11O11S2. The van der Waals surface area contributed by atoms with E-state index in [1.165, 1.54) is 17.0 Å². The van der Waals surface area contributed by atoms with Gasteiger partial charge in [0.2, 0.25) is 59.1 Å². The fraction of sp³-hybridized carbons (Fsp3) is 0.532. The molecule has 2 aliphatic rings. The fourth-order valence-corrected chi connectivity index (χ4v) is 10.1. The Morgan fingerprint density at radius 1 is 0.746 bits per heavy atom. The van der Waals surface area contributed by atoms with Gasteiger partial charge in [-0.2, -0.15) is 0 Å². The van der Waals surface area contributed by atoms with Crippen LogP contribution in [0.1, 0.15) is 70.9 Å². The van der Waals surface area contributed by atoms with Crippen LogP contribution in [0.2, 0.25) is 0 Å². The molecule has 0 radical (unpaired) electrons. The van der Waals surface area contributed by atoms with Gasteiger partial charge in [0.1, 0.15) is 48.0 Å². The summed E-state index contributed by atoms with van der Waals surface area (Å²) in [4.78, 5) is 137. The lowest BCUT2D eigenvalue weighted by Gasteiger charge is -2.31. The van der Waals surface area contributed by atoms with Crippen molar-refractivity contribution in [3.8, 4) is 5.75 Å². The molecule has 4 rings (SSSR count). The van der Waals surface area contributed by atoms with Gasteiger partial charge in [-0.25, -0.2) is 0 Å². The van der Waals surface area contributed by atoms with E-state index in [1.807, 2.05) is 13.8 Å². The number of benzene rings is 2. The molecule has 10 amide bonds. The molecule has 71 heavy (non-hydrogen) atoms. The Hall–Kier alpha value is -6.40. The van der Waals surface area contributed by atoms with Gasteiger partial charge in [0.05, 0.1) is 19.0 Å². The average Bonchev–Trinajstić information content (AvgIpc) is 3.82. The minimum absolute atomic E-state index is 0.0244. The van der Waals surface area contributed by atoms with Crippen molar-refractivity contribution in [1.82, 2.24) is 42.1 Å². The molecule has 2 aromatic carbocycles. The van der Waals surface area contributed by atoms with Crippen LogP contribution in [0.25, 0.3) is 0 Å². The molecule has 0 spiro atoms. The number of amides is 10. The Labute approximate surface area is 420 Å². The van der Waals surface area contributed by atoms with Gasteiger partial charge in [0.25, 0.3) is 0 Å². The zero-order valence-corrected chi connectivity index (χ0v) is 41.9. The number of carbonyl (C=O) groups is 10. The molecule has 0 bridgehead atoms. The van der Waals surface area contributed by atoms with E-state index in [-0.39, 0.29) is 55.4 Å². The first-order valence-electron chi connectivity index (χ1n) is 23.5. The van der Waals surface area contributed by atoms with Crippen LogP contribution in [0, 0.1) is 11.8 Å². The van der Waals surface area contributed by atoms with E-state index in [0.717, 1.165) is 21.6 Å².